The average Bonchev–Trinajstić information content (AvgIpc) is 3.63. The van der Waals surface area contributed by atoms with Gasteiger partial charge in [0.15, 0.2) is 0 Å². The molecule has 0 unspecified atom stereocenters. The summed E-state index contributed by atoms with van der Waals surface area (Å²) in [6, 6.07) is 17.4. The molecule has 1 fully saturated rings. The second-order valence-electron chi connectivity index (χ2n) is 12.2. The number of nitrogens with zero attached hydrogens (tertiary/aromatic N) is 2. The van der Waals surface area contributed by atoms with Gasteiger partial charge in [-0.15, -0.1) is 0 Å². The van der Waals surface area contributed by atoms with Crippen molar-refractivity contribution in [3.63, 3.8) is 0 Å². The van der Waals surface area contributed by atoms with Crippen LogP contribution in [-0.4, -0.2) is 58.3 Å². The highest BCUT2D eigenvalue weighted by atomic mass is 19.4. The maximum atomic E-state index is 13.9. The van der Waals surface area contributed by atoms with Gasteiger partial charge in [0.2, 0.25) is 5.91 Å². The van der Waals surface area contributed by atoms with Gasteiger partial charge in [-0.25, -0.2) is 0 Å². The summed E-state index contributed by atoms with van der Waals surface area (Å²) in [6.45, 7) is 4.65. The second-order valence-corrected chi connectivity index (χ2v) is 12.2. The molecule has 0 radical (unpaired) electrons. The maximum absolute atomic E-state index is 13.9. The summed E-state index contributed by atoms with van der Waals surface area (Å²) in [5.74, 6) is -0.184. The van der Waals surface area contributed by atoms with Crippen molar-refractivity contribution in [2.75, 3.05) is 18.0 Å². The second kappa shape index (κ2) is 15.9. The van der Waals surface area contributed by atoms with E-state index in [-0.39, 0.29) is 37.3 Å². The molecule has 0 spiro atoms. The molecule has 2 atom stereocenters. The molecule has 1 aliphatic rings. The van der Waals surface area contributed by atoms with E-state index in [2.05, 4.69) is 24.5 Å². The minimum absolute atomic E-state index is 0.0189. The van der Waals surface area contributed by atoms with Crippen LogP contribution in [0.2, 0.25) is 0 Å². The van der Waals surface area contributed by atoms with Gasteiger partial charge in [-0.2, -0.15) is 13.2 Å². The van der Waals surface area contributed by atoms with Crippen LogP contribution < -0.4 is 15.5 Å². The normalized spacial score (nSPS) is 14.5. The van der Waals surface area contributed by atoms with Gasteiger partial charge in [0, 0.05) is 50.2 Å². The third-order valence-electron chi connectivity index (χ3n) is 8.35. The Kier molecular flexibility index (Phi) is 12.0. The molecule has 9 nitrogen and oxygen atoms in total. The van der Waals surface area contributed by atoms with Crippen LogP contribution in [0.3, 0.4) is 0 Å². The molecule has 0 saturated carbocycles. The number of hydrogen-bond acceptors (Lipinski definition) is 5. The first kappa shape index (κ1) is 36.2. The number of nitrogens with one attached hydrogen (secondary N) is 2. The molecular formula is C36H41F3N4O5. The van der Waals surface area contributed by atoms with E-state index < -0.39 is 23.9 Å². The highest BCUT2D eigenvalue weighted by Gasteiger charge is 2.31. The number of anilines is 1. The van der Waals surface area contributed by atoms with Crippen molar-refractivity contribution < 1.29 is 37.8 Å². The molecule has 48 heavy (non-hydrogen) atoms. The molecule has 1 aliphatic heterocycles. The minimum Gasteiger partial charge on any atom is -0.483 e. The van der Waals surface area contributed by atoms with Crippen molar-refractivity contribution in [3.05, 3.63) is 101 Å². The number of aryl methyl sites for hydroxylation is 1. The standard InChI is InChI=1S/C35H39F3N4O3.CH2O2/c1-22(2)28-21-41(3)33-27(28)17-25(18-30(33)42-14-8-13-32(42)44)34(45)40-29(16-23-9-5-4-6-10-23)31(43)20-39-19-24-11-7-12-26(15-24)35(36,37)38;2-1-3/h4-7,9-12,15,17-18,21-22,29,31,39,43H,8,13-14,16,19-20H2,1-3H3,(H,40,45);1H,(H,2,3)/t29-,31+;/m0./s1. The number of amides is 2. The van der Waals surface area contributed by atoms with Gasteiger partial charge >= 0.3 is 6.18 Å². The summed E-state index contributed by atoms with van der Waals surface area (Å²) in [5.41, 5.74) is 3.64. The number of benzene rings is 3. The highest BCUT2D eigenvalue weighted by molar-refractivity contribution is 6.09. The van der Waals surface area contributed by atoms with Crippen LogP contribution in [0.4, 0.5) is 18.9 Å². The lowest BCUT2D eigenvalue weighted by Crippen LogP contribution is -2.48. The fraction of sp³-hybridized carbons (Fsp3) is 0.361. The van der Waals surface area contributed by atoms with Gasteiger partial charge in [0.1, 0.15) is 0 Å². The number of aromatic nitrogens is 1. The van der Waals surface area contributed by atoms with Crippen molar-refractivity contribution >= 4 is 34.9 Å². The lowest BCUT2D eigenvalue weighted by atomic mass is 9.98. The van der Waals surface area contributed by atoms with Crippen LogP contribution in [0.5, 0.6) is 0 Å². The number of carboxylic acid groups (broad SMARTS) is 1. The third-order valence-corrected chi connectivity index (χ3v) is 8.35. The van der Waals surface area contributed by atoms with Gasteiger partial charge in [-0.3, -0.25) is 14.4 Å². The van der Waals surface area contributed by atoms with E-state index in [1.54, 1.807) is 17.0 Å². The quantitative estimate of drug-likeness (QED) is 0.154. The molecule has 2 amide bonds. The molecule has 0 bridgehead atoms. The molecule has 4 N–H and O–H groups in total. The number of hydrogen-bond donors (Lipinski definition) is 4. The van der Waals surface area contributed by atoms with E-state index in [1.807, 2.05) is 54.2 Å². The lowest BCUT2D eigenvalue weighted by Gasteiger charge is -2.26. The van der Waals surface area contributed by atoms with E-state index in [4.69, 9.17) is 9.90 Å². The van der Waals surface area contributed by atoms with Gasteiger partial charge in [-0.1, -0.05) is 62.4 Å². The highest BCUT2D eigenvalue weighted by Crippen LogP contribution is 2.37. The predicted molar refractivity (Wildman–Crippen MR) is 178 cm³/mol. The molecular weight excluding hydrogens is 625 g/mol. The summed E-state index contributed by atoms with van der Waals surface area (Å²) < 4.78 is 41.5. The summed E-state index contributed by atoms with van der Waals surface area (Å²) >= 11 is 0. The van der Waals surface area contributed by atoms with Crippen LogP contribution in [0.25, 0.3) is 10.9 Å². The number of aliphatic hydroxyl groups is 1. The number of aliphatic hydroxyl groups excluding tert-OH is 1. The molecule has 0 aliphatic carbocycles. The average molecular weight is 667 g/mol. The number of alkyl halides is 3. The molecule has 5 rings (SSSR count). The fourth-order valence-corrected chi connectivity index (χ4v) is 6.02. The Balaban J connectivity index is 0.00000167. The van der Waals surface area contributed by atoms with Crippen molar-refractivity contribution in [1.82, 2.24) is 15.2 Å². The van der Waals surface area contributed by atoms with Crippen molar-refractivity contribution in [2.45, 2.75) is 63.9 Å². The zero-order chi connectivity index (χ0) is 35.0. The number of carbonyl (C=O) groups is 3. The van der Waals surface area contributed by atoms with Crippen molar-refractivity contribution in [3.8, 4) is 0 Å². The number of halogens is 3. The van der Waals surface area contributed by atoms with E-state index in [1.165, 1.54) is 6.07 Å². The van der Waals surface area contributed by atoms with Gasteiger partial charge in [0.25, 0.3) is 12.4 Å². The van der Waals surface area contributed by atoms with Crippen LogP contribution in [0.1, 0.15) is 65.2 Å². The zero-order valence-corrected chi connectivity index (χ0v) is 27.1. The molecule has 1 saturated heterocycles. The topological polar surface area (TPSA) is 124 Å². The summed E-state index contributed by atoms with van der Waals surface area (Å²) in [4.78, 5) is 36.8. The zero-order valence-electron chi connectivity index (χ0n) is 27.1. The van der Waals surface area contributed by atoms with Crippen molar-refractivity contribution in [1.29, 1.82) is 0 Å². The van der Waals surface area contributed by atoms with Gasteiger partial charge in [0.05, 0.1) is 28.9 Å². The summed E-state index contributed by atoms with van der Waals surface area (Å²) in [6.07, 6.45) is -1.91. The van der Waals surface area contributed by atoms with Crippen molar-refractivity contribution in [2.24, 2.45) is 7.05 Å². The first-order chi connectivity index (χ1) is 22.8. The van der Waals surface area contributed by atoms with Crippen LogP contribution in [0, 0.1) is 0 Å². The third kappa shape index (κ3) is 8.81. The summed E-state index contributed by atoms with van der Waals surface area (Å²) in [7, 11) is 1.94. The first-order valence-corrected chi connectivity index (χ1v) is 15.7. The Morgan fingerprint density at radius 1 is 1.04 bits per heavy atom. The van der Waals surface area contributed by atoms with Gasteiger partial charge in [-0.05, 0) is 53.6 Å². The Morgan fingerprint density at radius 2 is 1.73 bits per heavy atom. The Morgan fingerprint density at radius 3 is 2.35 bits per heavy atom. The monoisotopic (exact) mass is 666 g/mol. The first-order valence-electron chi connectivity index (χ1n) is 15.7. The minimum atomic E-state index is -4.44. The molecule has 1 aromatic heterocycles. The fourth-order valence-electron chi connectivity index (χ4n) is 6.02. The molecule has 256 valence electrons. The van der Waals surface area contributed by atoms with Gasteiger partial charge < -0.3 is 30.3 Å². The molecule has 2 heterocycles. The molecule has 12 heteroatoms. The summed E-state index contributed by atoms with van der Waals surface area (Å²) in [5, 5.41) is 25.1. The van der Waals surface area contributed by atoms with Crippen LogP contribution >= 0.6 is 0 Å². The Hall–Kier alpha value is -4.68. The SMILES string of the molecule is CC(C)c1cn(C)c2c(N3CCCC3=O)cc(C(=O)N[C@@H](Cc3ccccc3)[C@H](O)CNCc3cccc(C(F)(F)F)c3)cc12.O=CO. The van der Waals surface area contributed by atoms with E-state index in [0.29, 0.717) is 36.2 Å². The Bertz CT molecular complexity index is 1720. The molecule has 4 aromatic rings. The lowest BCUT2D eigenvalue weighted by molar-refractivity contribution is -0.137. The maximum Gasteiger partial charge on any atom is 0.416 e. The Labute approximate surface area is 277 Å². The van der Waals surface area contributed by atoms with Crippen LogP contribution in [0.15, 0.2) is 72.9 Å². The van der Waals surface area contributed by atoms with E-state index in [0.717, 1.165) is 40.6 Å². The molecule has 3 aromatic carbocycles. The number of fused-ring (bicyclic) bond motifs is 1. The van der Waals surface area contributed by atoms with Crippen LogP contribution in [-0.2, 0) is 35.8 Å². The largest absolute Gasteiger partial charge is 0.483 e. The van der Waals surface area contributed by atoms with E-state index >= 15 is 0 Å². The predicted octanol–water partition coefficient (Wildman–Crippen LogP) is 5.64. The van der Waals surface area contributed by atoms with E-state index in [9.17, 15) is 27.9 Å². The smallest absolute Gasteiger partial charge is 0.416 e. The number of rotatable bonds is 11. The number of carbonyl (C=O) groups excluding carboxylic acids is 2.